The van der Waals surface area contributed by atoms with Crippen molar-refractivity contribution >= 4 is 23.0 Å². The van der Waals surface area contributed by atoms with Crippen LogP contribution in [-0.4, -0.2) is 14.9 Å². The van der Waals surface area contributed by atoms with Crippen LogP contribution in [0.3, 0.4) is 0 Å². The second kappa shape index (κ2) is 6.04. The summed E-state index contributed by atoms with van der Waals surface area (Å²) in [6.07, 6.45) is -2.41. The average molecular weight is 358 g/mol. The van der Waals surface area contributed by atoms with Crippen molar-refractivity contribution in [2.45, 2.75) is 31.9 Å². The highest BCUT2D eigenvalue weighted by Crippen LogP contribution is 2.37. The van der Waals surface area contributed by atoms with Crippen LogP contribution in [0.15, 0.2) is 18.2 Å². The molecule has 1 aromatic carbocycles. The zero-order chi connectivity index (χ0) is 17.5. The quantitative estimate of drug-likeness (QED) is 0.637. The summed E-state index contributed by atoms with van der Waals surface area (Å²) in [5, 5.41) is 6.21. The molecule has 0 radical (unpaired) electrons. The molecular formula is C15H14F4N4S. The molecule has 0 bridgehead atoms. The van der Waals surface area contributed by atoms with Gasteiger partial charge in [-0.2, -0.15) is 18.3 Å². The first-order valence-corrected chi connectivity index (χ1v) is 7.72. The van der Waals surface area contributed by atoms with Crippen LogP contribution in [0.1, 0.15) is 29.8 Å². The van der Waals surface area contributed by atoms with Crippen LogP contribution in [0.25, 0.3) is 5.69 Å². The summed E-state index contributed by atoms with van der Waals surface area (Å²) in [6, 6.07) is 3.97. The molecule has 9 heteroatoms. The van der Waals surface area contributed by atoms with Gasteiger partial charge in [-0.05, 0) is 56.1 Å². The fourth-order valence-corrected chi connectivity index (χ4v) is 3.04. The van der Waals surface area contributed by atoms with Crippen molar-refractivity contribution in [3.8, 4) is 5.69 Å². The van der Waals surface area contributed by atoms with Crippen molar-refractivity contribution < 1.29 is 17.6 Å². The molecule has 3 N–H and O–H groups in total. The third-order valence-electron chi connectivity index (χ3n) is 3.89. The number of aromatic nitrogens is 2. The van der Waals surface area contributed by atoms with E-state index in [1.165, 1.54) is 12.1 Å². The third-order valence-corrected chi connectivity index (χ3v) is 3.99. The largest absolute Gasteiger partial charge is 0.435 e. The Labute approximate surface area is 140 Å². The van der Waals surface area contributed by atoms with Gasteiger partial charge in [0.05, 0.1) is 0 Å². The Morgan fingerprint density at radius 1 is 1.25 bits per heavy atom. The predicted molar refractivity (Wildman–Crippen MR) is 85.6 cm³/mol. The first-order chi connectivity index (χ1) is 11.3. The highest BCUT2D eigenvalue weighted by atomic mass is 32.1. The number of hydrogen-bond donors (Lipinski definition) is 2. The number of thiocarbonyl (C=S) groups is 1. The Morgan fingerprint density at radius 3 is 2.58 bits per heavy atom. The van der Waals surface area contributed by atoms with Gasteiger partial charge in [0.25, 0.3) is 0 Å². The van der Waals surface area contributed by atoms with Gasteiger partial charge < -0.3 is 11.1 Å². The topological polar surface area (TPSA) is 55.9 Å². The number of rotatable bonds is 2. The minimum absolute atomic E-state index is 0.0297. The van der Waals surface area contributed by atoms with E-state index in [2.05, 4.69) is 22.6 Å². The maximum atomic E-state index is 14.4. The van der Waals surface area contributed by atoms with Crippen molar-refractivity contribution in [2.75, 3.05) is 5.32 Å². The maximum Gasteiger partial charge on any atom is 0.435 e. The van der Waals surface area contributed by atoms with Gasteiger partial charge in [-0.15, -0.1) is 0 Å². The molecule has 2 aromatic rings. The smallest absolute Gasteiger partial charge is 0.376 e. The number of nitrogens with zero attached hydrogens (tertiary/aromatic N) is 2. The third kappa shape index (κ3) is 3.08. The molecule has 1 heterocycles. The lowest BCUT2D eigenvalue weighted by molar-refractivity contribution is -0.142. The Kier molecular flexibility index (Phi) is 4.20. The number of nitrogens with one attached hydrogen (secondary N) is 1. The highest BCUT2D eigenvalue weighted by Gasteiger charge is 2.39. The standard InChI is InChI=1S/C15H14F4N4S/c16-10-7-8(21-14(20)24)5-6-12(10)23-11-4-2-1-3-9(11)13(22-23)15(17,18)19/h5-7H,1-4H2,(H3,20,21,24). The van der Waals surface area contributed by atoms with Crippen molar-refractivity contribution in [3.05, 3.63) is 41.0 Å². The molecular weight excluding hydrogens is 344 g/mol. The van der Waals surface area contributed by atoms with Crippen LogP contribution in [0.4, 0.5) is 23.2 Å². The lowest BCUT2D eigenvalue weighted by Crippen LogP contribution is -2.19. The minimum atomic E-state index is -4.56. The first-order valence-electron chi connectivity index (χ1n) is 7.31. The second-order valence-corrected chi connectivity index (χ2v) is 5.99. The van der Waals surface area contributed by atoms with E-state index >= 15 is 0 Å². The van der Waals surface area contributed by atoms with Crippen LogP contribution in [0, 0.1) is 5.82 Å². The summed E-state index contributed by atoms with van der Waals surface area (Å²) in [6.45, 7) is 0. The Balaban J connectivity index is 2.10. The summed E-state index contributed by atoms with van der Waals surface area (Å²) >= 11 is 4.67. The van der Waals surface area contributed by atoms with Crippen molar-refractivity contribution in [3.63, 3.8) is 0 Å². The van der Waals surface area contributed by atoms with Gasteiger partial charge in [0.15, 0.2) is 16.6 Å². The Hall–Kier alpha value is -2.16. The van der Waals surface area contributed by atoms with Crippen LogP contribution in [-0.2, 0) is 19.0 Å². The Morgan fingerprint density at radius 2 is 1.96 bits per heavy atom. The number of hydrogen-bond acceptors (Lipinski definition) is 2. The van der Waals surface area contributed by atoms with Gasteiger partial charge in [0.1, 0.15) is 5.69 Å². The first kappa shape index (κ1) is 16.7. The van der Waals surface area contributed by atoms with Crippen LogP contribution >= 0.6 is 12.2 Å². The average Bonchev–Trinajstić information content (AvgIpc) is 2.86. The van der Waals surface area contributed by atoms with Crippen LogP contribution < -0.4 is 11.1 Å². The molecule has 1 aliphatic carbocycles. The number of alkyl halides is 3. The summed E-state index contributed by atoms with van der Waals surface area (Å²) in [5.41, 5.74) is 5.27. The SMILES string of the molecule is NC(=S)Nc1ccc(-n2nc(C(F)(F)F)c3c2CCCC3)c(F)c1. The number of anilines is 1. The molecule has 24 heavy (non-hydrogen) atoms. The molecule has 0 saturated heterocycles. The molecule has 0 fully saturated rings. The van der Waals surface area contributed by atoms with E-state index in [1.807, 2.05) is 0 Å². The Bertz CT molecular complexity index is 798. The monoisotopic (exact) mass is 358 g/mol. The van der Waals surface area contributed by atoms with Gasteiger partial charge >= 0.3 is 6.18 Å². The number of nitrogens with two attached hydrogens (primary N) is 1. The van der Waals surface area contributed by atoms with Gasteiger partial charge in [0.2, 0.25) is 0 Å². The van der Waals surface area contributed by atoms with Gasteiger partial charge in [-0.3, -0.25) is 0 Å². The fraction of sp³-hybridized carbons (Fsp3) is 0.333. The molecule has 1 aliphatic rings. The van der Waals surface area contributed by atoms with E-state index in [-0.39, 0.29) is 16.4 Å². The van der Waals surface area contributed by atoms with Gasteiger partial charge in [-0.1, -0.05) is 0 Å². The summed E-state index contributed by atoms with van der Waals surface area (Å²) < 4.78 is 55.1. The lowest BCUT2D eigenvalue weighted by Gasteiger charge is -2.15. The van der Waals surface area contributed by atoms with Crippen LogP contribution in [0.2, 0.25) is 0 Å². The highest BCUT2D eigenvalue weighted by molar-refractivity contribution is 7.80. The predicted octanol–water partition coefficient (Wildman–Crippen LogP) is 3.56. The van der Waals surface area contributed by atoms with E-state index in [1.54, 1.807) is 0 Å². The zero-order valence-electron chi connectivity index (χ0n) is 12.5. The van der Waals surface area contributed by atoms with Crippen molar-refractivity contribution in [2.24, 2.45) is 5.73 Å². The van der Waals surface area contributed by atoms with E-state index in [4.69, 9.17) is 5.73 Å². The van der Waals surface area contributed by atoms with Crippen molar-refractivity contribution in [1.82, 2.24) is 9.78 Å². The normalized spacial score (nSPS) is 14.3. The molecule has 0 spiro atoms. The number of benzene rings is 1. The summed E-state index contributed by atoms with van der Waals surface area (Å²) in [7, 11) is 0. The zero-order valence-corrected chi connectivity index (χ0v) is 13.3. The maximum absolute atomic E-state index is 14.4. The number of halogens is 4. The van der Waals surface area contributed by atoms with Gasteiger partial charge in [-0.25, -0.2) is 9.07 Å². The molecule has 1 aromatic heterocycles. The number of fused-ring (bicyclic) bond motifs is 1. The van der Waals surface area contributed by atoms with E-state index < -0.39 is 17.7 Å². The summed E-state index contributed by atoms with van der Waals surface area (Å²) in [5.74, 6) is -0.708. The molecule has 0 aliphatic heterocycles. The molecule has 0 saturated carbocycles. The molecule has 3 rings (SSSR count). The van der Waals surface area contributed by atoms with Gasteiger partial charge in [0, 0.05) is 16.9 Å². The van der Waals surface area contributed by atoms with Crippen LogP contribution in [0.5, 0.6) is 0 Å². The summed E-state index contributed by atoms with van der Waals surface area (Å²) in [4.78, 5) is 0. The molecule has 4 nitrogen and oxygen atoms in total. The second-order valence-electron chi connectivity index (χ2n) is 5.55. The molecule has 0 unspecified atom stereocenters. The van der Waals surface area contributed by atoms with E-state index in [9.17, 15) is 17.6 Å². The van der Waals surface area contributed by atoms with E-state index in [0.717, 1.165) is 17.2 Å². The molecule has 0 atom stereocenters. The molecule has 128 valence electrons. The molecule has 0 amide bonds. The minimum Gasteiger partial charge on any atom is -0.376 e. The van der Waals surface area contributed by atoms with E-state index in [0.29, 0.717) is 30.6 Å². The van der Waals surface area contributed by atoms with Crippen molar-refractivity contribution in [1.29, 1.82) is 0 Å². The fourth-order valence-electron chi connectivity index (χ4n) is 2.92. The lowest BCUT2D eigenvalue weighted by atomic mass is 9.95.